The number of amides is 3. The third-order valence-corrected chi connectivity index (χ3v) is 2.09. The summed E-state index contributed by atoms with van der Waals surface area (Å²) in [6.45, 7) is 0. The van der Waals surface area contributed by atoms with E-state index in [0.717, 1.165) is 6.07 Å². The second kappa shape index (κ2) is 4.74. The molecule has 15 heavy (non-hydrogen) atoms. The van der Waals surface area contributed by atoms with Crippen molar-refractivity contribution in [3.05, 3.63) is 34.1 Å². The van der Waals surface area contributed by atoms with Gasteiger partial charge in [-0.15, -0.1) is 0 Å². The fraction of sp³-hybridized carbons (Fsp3) is 0. The van der Waals surface area contributed by atoms with E-state index < -0.39 is 17.8 Å². The zero-order valence-corrected chi connectivity index (χ0v) is 8.97. The molecule has 4 N–H and O–H groups in total. The number of benzene rings is 1. The maximum absolute atomic E-state index is 12.8. The first-order valence-corrected chi connectivity index (χ1v) is 4.61. The number of carbonyl (C=O) groups excluding carboxylic acids is 2. The van der Waals surface area contributed by atoms with Crippen LogP contribution in [0.4, 0.5) is 9.18 Å². The monoisotopic (exact) mass is 275 g/mol. The minimum absolute atomic E-state index is 0.161. The molecule has 0 atom stereocenters. The molecule has 0 aliphatic heterocycles. The molecule has 0 spiro atoms. The summed E-state index contributed by atoms with van der Waals surface area (Å²) in [6.07, 6.45) is 0. The number of urea groups is 1. The summed E-state index contributed by atoms with van der Waals surface area (Å²) in [5.41, 5.74) is 8.88. The quantitative estimate of drug-likeness (QED) is 0.666. The van der Waals surface area contributed by atoms with Crippen LogP contribution in [-0.2, 0) is 0 Å². The second-order valence-electron chi connectivity index (χ2n) is 2.57. The molecule has 5 nitrogen and oxygen atoms in total. The molecule has 0 heterocycles. The van der Waals surface area contributed by atoms with Crippen LogP contribution in [0.2, 0.25) is 0 Å². The summed E-state index contributed by atoms with van der Waals surface area (Å²) in [5, 5.41) is 0. The molecule has 0 bridgehead atoms. The largest absolute Gasteiger partial charge is 0.350 e. The Morgan fingerprint density at radius 3 is 2.53 bits per heavy atom. The maximum atomic E-state index is 12.8. The van der Waals surface area contributed by atoms with Crippen molar-refractivity contribution in [2.75, 3.05) is 0 Å². The van der Waals surface area contributed by atoms with Crippen molar-refractivity contribution < 1.29 is 14.0 Å². The number of carbonyl (C=O) groups is 2. The third kappa shape index (κ3) is 3.21. The fourth-order valence-corrected chi connectivity index (χ4v) is 1.21. The van der Waals surface area contributed by atoms with Crippen molar-refractivity contribution >= 4 is 27.9 Å². The Balaban J connectivity index is 2.74. The lowest BCUT2D eigenvalue weighted by molar-refractivity contribution is 0.0937. The minimum Gasteiger partial charge on any atom is -0.350 e. The van der Waals surface area contributed by atoms with Gasteiger partial charge in [0.1, 0.15) is 5.82 Å². The molecule has 1 aromatic carbocycles. The molecule has 0 aliphatic rings. The summed E-state index contributed by atoms with van der Waals surface area (Å²) < 4.78 is 13.0. The van der Waals surface area contributed by atoms with Gasteiger partial charge in [-0.05, 0) is 34.1 Å². The lowest BCUT2D eigenvalue weighted by Crippen LogP contribution is -2.44. The van der Waals surface area contributed by atoms with E-state index in [1.54, 1.807) is 0 Å². The molecule has 0 saturated carbocycles. The van der Waals surface area contributed by atoms with Gasteiger partial charge in [-0.25, -0.2) is 14.6 Å². The van der Waals surface area contributed by atoms with Crippen LogP contribution < -0.4 is 16.6 Å². The van der Waals surface area contributed by atoms with E-state index in [0.29, 0.717) is 0 Å². The number of hydrogen-bond acceptors (Lipinski definition) is 2. The Bertz CT molecular complexity index is 411. The molecule has 1 aromatic rings. The first kappa shape index (κ1) is 11.4. The van der Waals surface area contributed by atoms with Gasteiger partial charge in [-0.1, -0.05) is 0 Å². The molecule has 0 aliphatic carbocycles. The average Bonchev–Trinajstić information content (AvgIpc) is 2.18. The molecule has 1 rings (SSSR count). The summed E-state index contributed by atoms with van der Waals surface area (Å²) in [5.74, 6) is -1.07. The zero-order chi connectivity index (χ0) is 11.4. The molecule has 0 aromatic heterocycles. The topological polar surface area (TPSA) is 84.2 Å². The van der Waals surface area contributed by atoms with Crippen molar-refractivity contribution in [2.45, 2.75) is 0 Å². The van der Waals surface area contributed by atoms with Crippen molar-refractivity contribution in [3.63, 3.8) is 0 Å². The molecule has 7 heteroatoms. The number of nitrogens with two attached hydrogens (primary N) is 1. The van der Waals surface area contributed by atoms with Crippen LogP contribution in [-0.4, -0.2) is 11.9 Å². The van der Waals surface area contributed by atoms with Crippen LogP contribution in [0.5, 0.6) is 0 Å². The predicted molar refractivity (Wildman–Crippen MR) is 54.3 cm³/mol. The predicted octanol–water partition coefficient (Wildman–Crippen LogP) is 0.901. The standard InChI is InChI=1S/C8H7BrFN3O2/c9-5-3-4(1-2-6(5)10)7(14)12-13-8(11)15/h1-3H,(H,12,14)(H3,11,13,15). The van der Waals surface area contributed by atoms with Crippen LogP contribution >= 0.6 is 15.9 Å². The van der Waals surface area contributed by atoms with E-state index in [4.69, 9.17) is 5.73 Å². The summed E-state index contributed by atoms with van der Waals surface area (Å²) in [4.78, 5) is 21.6. The van der Waals surface area contributed by atoms with E-state index in [1.807, 2.05) is 10.9 Å². The molecule has 80 valence electrons. The SMILES string of the molecule is NC(=O)NNC(=O)c1ccc(F)c(Br)c1. The Labute approximate surface area is 92.9 Å². The Kier molecular flexibility index (Phi) is 3.62. The van der Waals surface area contributed by atoms with Crippen LogP contribution in [0, 0.1) is 5.82 Å². The Hall–Kier alpha value is -1.63. The van der Waals surface area contributed by atoms with E-state index in [2.05, 4.69) is 15.9 Å². The van der Waals surface area contributed by atoms with Gasteiger partial charge >= 0.3 is 6.03 Å². The molecular formula is C8H7BrFN3O2. The first-order chi connectivity index (χ1) is 7.00. The summed E-state index contributed by atoms with van der Waals surface area (Å²) in [7, 11) is 0. The second-order valence-corrected chi connectivity index (χ2v) is 3.43. The van der Waals surface area contributed by atoms with Gasteiger partial charge in [0.05, 0.1) is 4.47 Å². The molecule has 0 saturated heterocycles. The fourth-order valence-electron chi connectivity index (χ4n) is 0.828. The van der Waals surface area contributed by atoms with Gasteiger partial charge in [0, 0.05) is 5.56 Å². The van der Waals surface area contributed by atoms with Gasteiger partial charge in [0.25, 0.3) is 5.91 Å². The van der Waals surface area contributed by atoms with Gasteiger partial charge in [-0.2, -0.15) is 0 Å². The number of halogens is 2. The Morgan fingerprint density at radius 2 is 2.00 bits per heavy atom. The summed E-state index contributed by atoms with van der Waals surface area (Å²) >= 11 is 2.93. The van der Waals surface area contributed by atoms with E-state index >= 15 is 0 Å². The molecular weight excluding hydrogens is 269 g/mol. The molecule has 0 radical (unpaired) electrons. The van der Waals surface area contributed by atoms with Crippen LogP contribution in [0.25, 0.3) is 0 Å². The Morgan fingerprint density at radius 1 is 1.33 bits per heavy atom. The minimum atomic E-state index is -0.885. The molecule has 0 unspecified atom stereocenters. The number of primary amides is 1. The number of hydrogen-bond donors (Lipinski definition) is 3. The summed E-state index contributed by atoms with van der Waals surface area (Å²) in [6, 6.07) is 2.80. The van der Waals surface area contributed by atoms with Crippen molar-refractivity contribution in [2.24, 2.45) is 5.73 Å². The number of hydrazine groups is 1. The van der Waals surface area contributed by atoms with E-state index in [9.17, 15) is 14.0 Å². The highest BCUT2D eigenvalue weighted by molar-refractivity contribution is 9.10. The van der Waals surface area contributed by atoms with Crippen LogP contribution in [0.15, 0.2) is 22.7 Å². The zero-order valence-electron chi connectivity index (χ0n) is 7.38. The van der Waals surface area contributed by atoms with Crippen molar-refractivity contribution in [3.8, 4) is 0 Å². The van der Waals surface area contributed by atoms with Gasteiger partial charge in [-0.3, -0.25) is 10.2 Å². The van der Waals surface area contributed by atoms with Crippen LogP contribution in [0.3, 0.4) is 0 Å². The lowest BCUT2D eigenvalue weighted by Gasteiger charge is -2.05. The average molecular weight is 276 g/mol. The maximum Gasteiger partial charge on any atom is 0.330 e. The van der Waals surface area contributed by atoms with E-state index in [1.165, 1.54) is 12.1 Å². The van der Waals surface area contributed by atoms with E-state index in [-0.39, 0.29) is 10.0 Å². The normalized spacial score (nSPS) is 9.47. The lowest BCUT2D eigenvalue weighted by atomic mass is 10.2. The van der Waals surface area contributed by atoms with Gasteiger partial charge in [0.15, 0.2) is 0 Å². The number of rotatable bonds is 1. The van der Waals surface area contributed by atoms with Gasteiger partial charge < -0.3 is 5.73 Å². The van der Waals surface area contributed by atoms with Crippen LogP contribution in [0.1, 0.15) is 10.4 Å². The highest BCUT2D eigenvalue weighted by Crippen LogP contribution is 2.16. The van der Waals surface area contributed by atoms with Gasteiger partial charge in [0.2, 0.25) is 0 Å². The smallest absolute Gasteiger partial charge is 0.330 e. The van der Waals surface area contributed by atoms with Crippen molar-refractivity contribution in [1.29, 1.82) is 0 Å². The molecule has 0 fully saturated rings. The molecule has 3 amide bonds. The highest BCUT2D eigenvalue weighted by atomic mass is 79.9. The number of nitrogens with one attached hydrogen (secondary N) is 2. The third-order valence-electron chi connectivity index (χ3n) is 1.48. The van der Waals surface area contributed by atoms with Crippen molar-refractivity contribution in [1.82, 2.24) is 10.9 Å². The highest BCUT2D eigenvalue weighted by Gasteiger charge is 2.08. The first-order valence-electron chi connectivity index (χ1n) is 3.81.